The topological polar surface area (TPSA) is 80.8 Å². The third kappa shape index (κ3) is 5.17. The van der Waals surface area contributed by atoms with Crippen molar-refractivity contribution in [2.24, 2.45) is 0 Å². The quantitative estimate of drug-likeness (QED) is 0.591. The summed E-state index contributed by atoms with van der Waals surface area (Å²) in [6, 6.07) is 13.6. The van der Waals surface area contributed by atoms with Crippen LogP contribution in [0.3, 0.4) is 0 Å². The summed E-state index contributed by atoms with van der Waals surface area (Å²) < 4.78 is 11.7. The molecule has 1 aromatic heterocycles. The molecule has 0 aliphatic carbocycles. The summed E-state index contributed by atoms with van der Waals surface area (Å²) >= 11 is 1.63. The highest BCUT2D eigenvalue weighted by Crippen LogP contribution is 2.38. The molecule has 2 amide bonds. The minimum absolute atomic E-state index is 0.0286. The molecule has 0 saturated heterocycles. The molecule has 2 aromatic carbocycles. The molecule has 6 bridgehead atoms. The molecule has 0 saturated carbocycles. The van der Waals surface area contributed by atoms with Crippen LogP contribution in [-0.4, -0.2) is 48.0 Å². The molecule has 4 heterocycles. The maximum atomic E-state index is 13.6. The number of fused-ring (bicyclic) bond motifs is 8. The van der Waals surface area contributed by atoms with Crippen molar-refractivity contribution in [3.05, 3.63) is 74.7 Å². The van der Waals surface area contributed by atoms with Gasteiger partial charge in [-0.2, -0.15) is 0 Å². The zero-order valence-corrected chi connectivity index (χ0v) is 20.8. The van der Waals surface area contributed by atoms with Crippen molar-refractivity contribution in [3.63, 3.8) is 0 Å². The van der Waals surface area contributed by atoms with E-state index in [4.69, 9.17) is 9.47 Å². The molecule has 1 unspecified atom stereocenters. The standard InChI is InChI=1S/C27H29N3O4S/c1-17-24(29-18(2)35-17)15-26(32)30-11-9-19-13-22-7-8-23(19)27(30)20-5-3-6-21(14-20)33-12-4-10-28-25(31)16-34-22/h3,5-8,13-14,27H,4,9-12,15-16H2,1-2H3,(H,28,31). The number of hydrogen-bond acceptors (Lipinski definition) is 6. The third-order valence-corrected chi connectivity index (χ3v) is 7.37. The lowest BCUT2D eigenvalue weighted by Gasteiger charge is -2.38. The van der Waals surface area contributed by atoms with Gasteiger partial charge in [-0.15, -0.1) is 11.3 Å². The van der Waals surface area contributed by atoms with Crippen molar-refractivity contribution in [1.29, 1.82) is 0 Å². The lowest BCUT2D eigenvalue weighted by molar-refractivity contribution is -0.132. The molecule has 3 aliphatic rings. The zero-order chi connectivity index (χ0) is 24.4. The first-order valence-corrected chi connectivity index (χ1v) is 12.8. The number of thiazole rings is 1. The van der Waals surface area contributed by atoms with Crippen molar-refractivity contribution < 1.29 is 19.1 Å². The van der Waals surface area contributed by atoms with Gasteiger partial charge in [-0.25, -0.2) is 4.98 Å². The van der Waals surface area contributed by atoms with Crippen molar-refractivity contribution in [1.82, 2.24) is 15.2 Å². The van der Waals surface area contributed by atoms with Crippen LogP contribution in [0.25, 0.3) is 0 Å². The van der Waals surface area contributed by atoms with Crippen LogP contribution in [0.1, 0.15) is 44.7 Å². The first-order chi connectivity index (χ1) is 17.0. The molecule has 35 heavy (non-hydrogen) atoms. The Kier molecular flexibility index (Phi) is 6.72. The van der Waals surface area contributed by atoms with Crippen molar-refractivity contribution in [3.8, 4) is 11.5 Å². The Bertz CT molecular complexity index is 1250. The monoisotopic (exact) mass is 491 g/mol. The SMILES string of the molecule is Cc1nc(CC(=O)N2CCc3cc4ccc3C2c2cccc(c2)OCCCNC(=O)CO4)c(C)s1. The number of hydrogen-bond donors (Lipinski definition) is 1. The van der Waals surface area contributed by atoms with Gasteiger partial charge in [0.1, 0.15) is 11.5 Å². The van der Waals surface area contributed by atoms with Gasteiger partial charge in [0.2, 0.25) is 5.91 Å². The van der Waals surface area contributed by atoms with Crippen LogP contribution in [0, 0.1) is 13.8 Å². The van der Waals surface area contributed by atoms with Gasteiger partial charge in [0, 0.05) is 18.0 Å². The summed E-state index contributed by atoms with van der Waals surface area (Å²) in [6.45, 7) is 5.56. The minimum atomic E-state index is -0.236. The third-order valence-electron chi connectivity index (χ3n) is 6.44. The second-order valence-corrected chi connectivity index (χ2v) is 10.3. The molecular formula is C27H29N3O4S. The van der Waals surface area contributed by atoms with E-state index in [1.165, 1.54) is 0 Å². The van der Waals surface area contributed by atoms with Crippen molar-refractivity contribution in [2.75, 3.05) is 26.3 Å². The molecule has 1 N–H and O–H groups in total. The number of aryl methyl sites for hydroxylation is 2. The number of ether oxygens (including phenoxy) is 2. The molecule has 3 aromatic rings. The van der Waals surface area contributed by atoms with E-state index < -0.39 is 0 Å². The Morgan fingerprint density at radius 1 is 1.17 bits per heavy atom. The van der Waals surface area contributed by atoms with E-state index in [2.05, 4.69) is 16.4 Å². The Morgan fingerprint density at radius 3 is 2.86 bits per heavy atom. The highest BCUT2D eigenvalue weighted by molar-refractivity contribution is 7.11. The number of carbonyl (C=O) groups is 2. The largest absolute Gasteiger partial charge is 0.494 e. The summed E-state index contributed by atoms with van der Waals surface area (Å²) in [6.07, 6.45) is 1.69. The second kappa shape index (κ2) is 10.1. The number of rotatable bonds is 2. The molecule has 6 rings (SSSR count). The maximum Gasteiger partial charge on any atom is 0.257 e. The highest BCUT2D eigenvalue weighted by atomic mass is 32.1. The van der Waals surface area contributed by atoms with Crippen molar-refractivity contribution in [2.45, 2.75) is 39.2 Å². The van der Waals surface area contributed by atoms with Gasteiger partial charge in [0.25, 0.3) is 5.91 Å². The smallest absolute Gasteiger partial charge is 0.257 e. The second-order valence-electron chi connectivity index (χ2n) is 8.93. The molecule has 0 radical (unpaired) electrons. The van der Waals surface area contributed by atoms with Gasteiger partial charge < -0.3 is 19.7 Å². The molecule has 0 fully saturated rings. The summed E-state index contributed by atoms with van der Waals surface area (Å²) in [7, 11) is 0. The van der Waals surface area contributed by atoms with Gasteiger partial charge in [-0.05, 0) is 67.6 Å². The number of nitrogens with one attached hydrogen (secondary N) is 1. The van der Waals surface area contributed by atoms with E-state index in [0.29, 0.717) is 38.3 Å². The van der Waals surface area contributed by atoms with Crippen LogP contribution >= 0.6 is 11.3 Å². The number of amides is 2. The molecular weight excluding hydrogens is 462 g/mol. The Morgan fingerprint density at radius 2 is 2.03 bits per heavy atom. The lowest BCUT2D eigenvalue weighted by atomic mass is 9.87. The van der Waals surface area contributed by atoms with Gasteiger partial charge in [0.15, 0.2) is 6.61 Å². The van der Waals surface area contributed by atoms with Crippen LogP contribution < -0.4 is 14.8 Å². The Hall–Kier alpha value is -3.39. The van der Waals surface area contributed by atoms with Gasteiger partial charge in [-0.3, -0.25) is 9.59 Å². The van der Waals surface area contributed by atoms with E-state index in [1.807, 2.05) is 55.1 Å². The summed E-state index contributed by atoms with van der Waals surface area (Å²) in [5.41, 5.74) is 4.06. The maximum absolute atomic E-state index is 13.6. The van der Waals surface area contributed by atoms with E-state index in [1.54, 1.807) is 11.3 Å². The fourth-order valence-corrected chi connectivity index (χ4v) is 5.60. The van der Waals surface area contributed by atoms with Crippen LogP contribution in [-0.2, 0) is 22.4 Å². The number of benzene rings is 2. The van der Waals surface area contributed by atoms with E-state index >= 15 is 0 Å². The number of aromatic nitrogens is 1. The summed E-state index contributed by atoms with van der Waals surface area (Å²) in [4.78, 5) is 33.4. The highest BCUT2D eigenvalue weighted by Gasteiger charge is 2.33. The average Bonchev–Trinajstić information content (AvgIpc) is 3.17. The lowest BCUT2D eigenvalue weighted by Crippen LogP contribution is -2.41. The fraction of sp³-hybridized carbons (Fsp3) is 0.370. The number of nitrogens with zero attached hydrogens (tertiary/aromatic N) is 2. The average molecular weight is 492 g/mol. The van der Waals surface area contributed by atoms with Crippen LogP contribution in [0.15, 0.2) is 42.5 Å². The Labute approximate surface area is 209 Å². The van der Waals surface area contributed by atoms with E-state index in [0.717, 1.165) is 38.0 Å². The predicted molar refractivity (Wildman–Crippen MR) is 134 cm³/mol. The van der Waals surface area contributed by atoms with Gasteiger partial charge >= 0.3 is 0 Å². The zero-order valence-electron chi connectivity index (χ0n) is 20.0. The molecule has 3 aliphatic heterocycles. The first kappa shape index (κ1) is 23.4. The minimum Gasteiger partial charge on any atom is -0.494 e. The van der Waals surface area contributed by atoms with E-state index in [9.17, 15) is 9.59 Å². The van der Waals surface area contributed by atoms with Crippen molar-refractivity contribution >= 4 is 23.2 Å². The van der Waals surface area contributed by atoms with E-state index in [-0.39, 0.29) is 30.9 Å². The molecule has 7 nitrogen and oxygen atoms in total. The van der Waals surface area contributed by atoms with Gasteiger partial charge in [0.05, 0.1) is 29.8 Å². The summed E-state index contributed by atoms with van der Waals surface area (Å²) in [5.74, 6) is 1.33. The molecule has 1 atom stereocenters. The normalized spacial score (nSPS) is 17.9. The fourth-order valence-electron chi connectivity index (χ4n) is 4.77. The Balaban J connectivity index is 1.53. The molecule has 8 heteroatoms. The molecule has 0 spiro atoms. The van der Waals surface area contributed by atoms with Crippen LogP contribution in [0.5, 0.6) is 11.5 Å². The van der Waals surface area contributed by atoms with Crippen LogP contribution in [0.2, 0.25) is 0 Å². The molecule has 182 valence electrons. The number of carbonyl (C=O) groups excluding carboxylic acids is 2. The van der Waals surface area contributed by atoms with Gasteiger partial charge in [-0.1, -0.05) is 18.2 Å². The summed E-state index contributed by atoms with van der Waals surface area (Å²) in [5, 5.41) is 3.84. The first-order valence-electron chi connectivity index (χ1n) is 12.0. The van der Waals surface area contributed by atoms with Crippen LogP contribution in [0.4, 0.5) is 0 Å². The predicted octanol–water partition coefficient (Wildman–Crippen LogP) is 3.75.